The Morgan fingerprint density at radius 2 is 1.82 bits per heavy atom. The van der Waals surface area contributed by atoms with E-state index in [0.717, 1.165) is 41.5 Å². The van der Waals surface area contributed by atoms with Gasteiger partial charge >= 0.3 is 0 Å². The molecule has 2 amide bonds. The molecule has 4 atom stereocenters. The Morgan fingerprint density at radius 3 is 2.47 bits per heavy atom. The Morgan fingerprint density at radius 1 is 1.11 bits per heavy atom. The van der Waals surface area contributed by atoms with E-state index >= 15 is 0 Å². The molecule has 2 aliphatic heterocycles. The number of phenols is 1. The van der Waals surface area contributed by atoms with Gasteiger partial charge in [-0.05, 0) is 91.6 Å². The predicted octanol–water partition coefficient (Wildman–Crippen LogP) is 5.75. The van der Waals surface area contributed by atoms with Gasteiger partial charge < -0.3 is 14.6 Å². The van der Waals surface area contributed by atoms with Gasteiger partial charge in [0.05, 0.1) is 36.8 Å². The molecule has 200 valence electrons. The molecule has 0 bridgehead atoms. The maximum absolute atomic E-state index is 13.6. The second kappa shape index (κ2) is 10.9. The standard InChI is InChI=1S/C32H37NO5/c1-5-21(15-22-13-19(2)30(34)20(3)14-22)11-12-27-28-23(17-37-4)16-25-29(26(28)18-38-27)32(36)33(31(25)35)24-9-7-6-8-10-24/h6-10,13-15,25-27,29,34H,5,11-12,16-18H2,1-4H3/b21-15+/t25-,26+,27-,29-/m1/s1. The number of carbonyl (C=O) groups is 2. The predicted molar refractivity (Wildman–Crippen MR) is 148 cm³/mol. The summed E-state index contributed by atoms with van der Waals surface area (Å²) in [5.74, 6) is -0.710. The maximum atomic E-state index is 13.6. The molecule has 2 aromatic carbocycles. The minimum absolute atomic E-state index is 0.0852. The first kappa shape index (κ1) is 26.4. The Balaban J connectivity index is 1.38. The summed E-state index contributed by atoms with van der Waals surface area (Å²) < 4.78 is 11.9. The van der Waals surface area contributed by atoms with Gasteiger partial charge in [0.25, 0.3) is 0 Å². The fraction of sp³-hybridized carbons (Fsp3) is 0.438. The van der Waals surface area contributed by atoms with Crippen LogP contribution in [-0.4, -0.2) is 43.3 Å². The Bertz CT molecular complexity index is 1270. The van der Waals surface area contributed by atoms with Gasteiger partial charge in [-0.15, -0.1) is 0 Å². The molecule has 0 saturated carbocycles. The highest BCUT2D eigenvalue weighted by atomic mass is 16.5. The van der Waals surface area contributed by atoms with Crippen molar-refractivity contribution in [3.63, 3.8) is 0 Å². The number of amides is 2. The third-order valence-electron chi connectivity index (χ3n) is 8.41. The molecule has 38 heavy (non-hydrogen) atoms. The lowest BCUT2D eigenvalue weighted by molar-refractivity contribution is -0.122. The molecule has 0 unspecified atom stereocenters. The lowest BCUT2D eigenvalue weighted by atomic mass is 9.69. The highest BCUT2D eigenvalue weighted by Gasteiger charge is 2.57. The first-order valence-electron chi connectivity index (χ1n) is 13.6. The molecule has 2 saturated heterocycles. The zero-order valence-electron chi connectivity index (χ0n) is 22.7. The largest absolute Gasteiger partial charge is 0.507 e. The van der Waals surface area contributed by atoms with Gasteiger partial charge in [-0.2, -0.15) is 0 Å². The van der Waals surface area contributed by atoms with Crippen LogP contribution in [0.3, 0.4) is 0 Å². The molecule has 1 aliphatic carbocycles. The summed E-state index contributed by atoms with van der Waals surface area (Å²) in [7, 11) is 1.68. The van der Waals surface area contributed by atoms with Crippen LogP contribution >= 0.6 is 0 Å². The SMILES string of the molecule is CC/C(=C\c1cc(C)c(O)c(C)c1)CC[C@H]1OC[C@H]2C1=C(COC)C[C@H]1C(=O)N(c3ccccc3)C(=O)[C@H]12. The third-order valence-corrected chi connectivity index (χ3v) is 8.41. The van der Waals surface area contributed by atoms with Gasteiger partial charge in [0.15, 0.2) is 0 Å². The molecule has 0 radical (unpaired) electrons. The number of imide groups is 1. The van der Waals surface area contributed by atoms with E-state index in [1.807, 2.05) is 56.3 Å². The summed E-state index contributed by atoms with van der Waals surface area (Å²) in [6.07, 6.45) is 5.27. The number of methoxy groups -OCH3 is 1. The first-order valence-corrected chi connectivity index (χ1v) is 13.6. The number of anilines is 1. The summed E-state index contributed by atoms with van der Waals surface area (Å²) in [6, 6.07) is 13.3. The van der Waals surface area contributed by atoms with Crippen molar-refractivity contribution in [3.8, 4) is 5.75 Å². The lowest BCUT2D eigenvalue weighted by Gasteiger charge is -2.31. The van der Waals surface area contributed by atoms with Crippen LogP contribution in [0.4, 0.5) is 5.69 Å². The second-order valence-corrected chi connectivity index (χ2v) is 10.8. The summed E-state index contributed by atoms with van der Waals surface area (Å²) in [5, 5.41) is 10.1. The number of rotatable bonds is 8. The van der Waals surface area contributed by atoms with Crippen molar-refractivity contribution in [2.24, 2.45) is 17.8 Å². The molecule has 2 aromatic rings. The maximum Gasteiger partial charge on any atom is 0.238 e. The van der Waals surface area contributed by atoms with Gasteiger partial charge in [0, 0.05) is 13.0 Å². The molecule has 0 spiro atoms. The number of fused-ring (bicyclic) bond motifs is 3. The van der Waals surface area contributed by atoms with E-state index in [1.165, 1.54) is 16.0 Å². The zero-order chi connectivity index (χ0) is 27.0. The van der Waals surface area contributed by atoms with E-state index in [2.05, 4.69) is 13.0 Å². The fourth-order valence-electron chi connectivity index (χ4n) is 6.59. The Hall–Kier alpha value is -3.22. The number of para-hydroxylation sites is 1. The van der Waals surface area contributed by atoms with E-state index in [4.69, 9.17) is 9.47 Å². The smallest absolute Gasteiger partial charge is 0.238 e. The first-order chi connectivity index (χ1) is 18.3. The molecule has 2 fully saturated rings. The second-order valence-electron chi connectivity index (χ2n) is 10.8. The Kier molecular flexibility index (Phi) is 7.55. The van der Waals surface area contributed by atoms with Crippen molar-refractivity contribution in [1.29, 1.82) is 0 Å². The number of hydrogen-bond acceptors (Lipinski definition) is 5. The fourth-order valence-corrected chi connectivity index (χ4v) is 6.59. The number of ether oxygens (including phenoxy) is 2. The molecule has 2 heterocycles. The number of allylic oxidation sites excluding steroid dienone is 1. The molecular weight excluding hydrogens is 478 g/mol. The van der Waals surface area contributed by atoms with Crippen molar-refractivity contribution in [3.05, 3.63) is 75.9 Å². The molecule has 0 aromatic heterocycles. The molecule has 1 N–H and O–H groups in total. The summed E-state index contributed by atoms with van der Waals surface area (Å²) in [5.41, 5.74) is 7.09. The topological polar surface area (TPSA) is 76.1 Å². The van der Waals surface area contributed by atoms with Gasteiger partial charge in [0.1, 0.15) is 5.75 Å². The third kappa shape index (κ3) is 4.72. The van der Waals surface area contributed by atoms with Crippen LogP contribution < -0.4 is 4.90 Å². The number of hydrogen-bond donors (Lipinski definition) is 1. The number of aryl methyl sites for hydroxylation is 2. The average molecular weight is 516 g/mol. The average Bonchev–Trinajstić information content (AvgIpc) is 3.44. The normalized spacial score (nSPS) is 25.3. The van der Waals surface area contributed by atoms with E-state index in [9.17, 15) is 14.7 Å². The Labute approximate surface area is 224 Å². The summed E-state index contributed by atoms with van der Waals surface area (Å²) >= 11 is 0. The highest BCUT2D eigenvalue weighted by Crippen LogP contribution is 2.50. The minimum atomic E-state index is -0.382. The quantitative estimate of drug-likeness (QED) is 0.358. The zero-order valence-corrected chi connectivity index (χ0v) is 22.7. The van der Waals surface area contributed by atoms with Crippen molar-refractivity contribution < 1.29 is 24.2 Å². The molecule has 3 aliphatic rings. The lowest BCUT2D eigenvalue weighted by Crippen LogP contribution is -2.35. The van der Waals surface area contributed by atoms with E-state index in [1.54, 1.807) is 7.11 Å². The van der Waals surface area contributed by atoms with E-state index in [-0.39, 0.29) is 35.7 Å². The van der Waals surface area contributed by atoms with Crippen LogP contribution in [0, 0.1) is 31.6 Å². The number of carbonyl (C=O) groups excluding carboxylic acids is 2. The van der Waals surface area contributed by atoms with Crippen LogP contribution in [0.15, 0.2) is 59.2 Å². The van der Waals surface area contributed by atoms with Gasteiger partial charge in [-0.25, -0.2) is 0 Å². The van der Waals surface area contributed by atoms with Crippen molar-refractivity contribution >= 4 is 23.6 Å². The summed E-state index contributed by atoms with van der Waals surface area (Å²) in [6.45, 7) is 6.91. The number of nitrogens with zero attached hydrogens (tertiary/aromatic N) is 1. The molecular formula is C32H37NO5. The molecule has 6 heteroatoms. The number of phenolic OH excluding ortho intramolecular Hbond substituents is 1. The van der Waals surface area contributed by atoms with E-state index in [0.29, 0.717) is 31.1 Å². The van der Waals surface area contributed by atoms with Crippen LogP contribution in [0.2, 0.25) is 0 Å². The van der Waals surface area contributed by atoms with Crippen molar-refractivity contribution in [1.82, 2.24) is 0 Å². The summed E-state index contributed by atoms with van der Waals surface area (Å²) in [4.78, 5) is 28.5. The highest BCUT2D eigenvalue weighted by molar-refractivity contribution is 6.22. The minimum Gasteiger partial charge on any atom is -0.507 e. The van der Waals surface area contributed by atoms with Crippen LogP contribution in [0.5, 0.6) is 5.75 Å². The monoisotopic (exact) mass is 515 g/mol. The van der Waals surface area contributed by atoms with Crippen molar-refractivity contribution in [2.45, 2.75) is 52.6 Å². The van der Waals surface area contributed by atoms with Gasteiger partial charge in [0.2, 0.25) is 11.8 Å². The van der Waals surface area contributed by atoms with Gasteiger partial charge in [-0.3, -0.25) is 14.5 Å². The van der Waals surface area contributed by atoms with Crippen LogP contribution in [0.1, 0.15) is 49.3 Å². The number of aromatic hydroxyl groups is 1. The van der Waals surface area contributed by atoms with Crippen LogP contribution in [0.25, 0.3) is 6.08 Å². The molecule has 5 rings (SSSR count). The van der Waals surface area contributed by atoms with Gasteiger partial charge in [-0.1, -0.05) is 36.8 Å². The molecule has 6 nitrogen and oxygen atoms in total. The number of benzene rings is 2. The van der Waals surface area contributed by atoms with E-state index < -0.39 is 0 Å². The van der Waals surface area contributed by atoms with Crippen LogP contribution in [-0.2, 0) is 19.1 Å². The van der Waals surface area contributed by atoms with Crippen molar-refractivity contribution in [2.75, 3.05) is 25.2 Å².